The summed E-state index contributed by atoms with van der Waals surface area (Å²) in [5.74, 6) is -3.74. The van der Waals surface area contributed by atoms with E-state index in [4.69, 9.17) is 47.4 Å². The third kappa shape index (κ3) is 12.0. The van der Waals surface area contributed by atoms with Crippen molar-refractivity contribution >= 4 is 17.9 Å². The lowest BCUT2D eigenvalue weighted by Gasteiger charge is -2.72. The van der Waals surface area contributed by atoms with Crippen LogP contribution in [0, 0.1) is 50.2 Å². The van der Waals surface area contributed by atoms with Crippen LogP contribution in [0.4, 0.5) is 0 Å². The number of aliphatic carboxylic acids is 1. The number of fused-ring (bicyclic) bond motifs is 7. The second kappa shape index (κ2) is 26.7. The highest BCUT2D eigenvalue weighted by molar-refractivity contribution is 5.89. The number of aliphatic hydroxyl groups excluding tert-OH is 13. The van der Waals surface area contributed by atoms with Crippen LogP contribution in [0.2, 0.25) is 0 Å². The second-order valence-electron chi connectivity index (χ2n) is 29.3. The summed E-state index contributed by atoms with van der Waals surface area (Å²) in [4.78, 5) is 40.8. The summed E-state index contributed by atoms with van der Waals surface area (Å²) in [5.41, 5.74) is -3.17. The molecule has 0 spiro atoms. The molecule has 31 atom stereocenters. The van der Waals surface area contributed by atoms with Crippen LogP contribution in [0.1, 0.15) is 128 Å². The Balaban J connectivity index is 1.05. The van der Waals surface area contributed by atoms with Crippen molar-refractivity contribution in [1.82, 2.24) is 0 Å². The number of allylic oxidation sites excluding steroid dienone is 4. The molecule has 4 saturated carbocycles. The Kier molecular flexibility index (Phi) is 21.1. The summed E-state index contributed by atoms with van der Waals surface area (Å²) in [6.07, 6.45) is -33.9. The van der Waals surface area contributed by atoms with Gasteiger partial charge in [0.05, 0.1) is 43.5 Å². The molecule has 0 aromatic rings. The predicted octanol–water partition coefficient (Wildman–Crippen LogP) is -0.495. The van der Waals surface area contributed by atoms with E-state index < -0.39 is 223 Å². The maximum Gasteiger partial charge on any atom is 0.335 e. The SMILES string of the molecule is C/C=C(\C)C(=O)O[C@H]1[C@H](OC(=O)/C(C)=C/C)[C@]2(CO)[C@H](O)C[C@]3(C)C(=CC[C@@H]4[C@@]5(C)CC[C@H](O[C@@H]6O[C@H](C(=O)O)[C@@H](O)[C@H](O[C@@H]7O[C@H](CO)[C@H](O)[C@H](O)[C@H]7O[C@@H]7O[C@@H](C)[C@H](O)[C@@H](O)[C@H]7O)[C@H]6O[C@@H]6O[C@H](CO)[C@H](O)[C@H](O)[C@H]6O)C(C)(C)[C@@H]5CC[C@]43C)[C@@H]2CC1(C)C. The highest BCUT2D eigenvalue weighted by atomic mass is 16.8. The number of carboxylic acid groups (broad SMARTS) is 1. The number of hydrogen-bond donors (Lipinski definition) is 14. The van der Waals surface area contributed by atoms with Crippen LogP contribution >= 0.6 is 0 Å². The lowest BCUT2D eigenvalue weighted by atomic mass is 9.33. The summed E-state index contributed by atoms with van der Waals surface area (Å²) in [5, 5.41) is 156. The van der Waals surface area contributed by atoms with Gasteiger partial charge in [0, 0.05) is 16.6 Å². The summed E-state index contributed by atoms with van der Waals surface area (Å²) in [6.45, 7) is 20.2. The zero-order chi connectivity index (χ0) is 67.3. The molecule has 4 saturated heterocycles. The molecule has 27 nitrogen and oxygen atoms in total. The summed E-state index contributed by atoms with van der Waals surface area (Å²) >= 11 is 0. The molecule has 4 heterocycles. The van der Waals surface area contributed by atoms with Crippen LogP contribution in [0.25, 0.3) is 0 Å². The van der Waals surface area contributed by atoms with Crippen molar-refractivity contribution in [3.8, 4) is 0 Å². The molecule has 0 radical (unpaired) electrons. The Morgan fingerprint density at radius 1 is 0.582 bits per heavy atom. The van der Waals surface area contributed by atoms with Crippen molar-refractivity contribution in [2.24, 2.45) is 50.2 Å². The monoisotopic (exact) mass is 1300 g/mol. The van der Waals surface area contributed by atoms with Gasteiger partial charge in [0.25, 0.3) is 0 Å². The van der Waals surface area contributed by atoms with Gasteiger partial charge >= 0.3 is 17.9 Å². The van der Waals surface area contributed by atoms with E-state index in [1.54, 1.807) is 39.8 Å². The molecular weight excluding hydrogens is 1200 g/mol. The van der Waals surface area contributed by atoms with Gasteiger partial charge in [0.15, 0.2) is 37.4 Å². The van der Waals surface area contributed by atoms with E-state index in [1.807, 2.05) is 27.7 Å². The molecule has 9 rings (SSSR count). The molecule has 0 unspecified atom stereocenters. The quantitative estimate of drug-likeness (QED) is 0.0401. The van der Waals surface area contributed by atoms with E-state index in [-0.39, 0.29) is 18.3 Å². The van der Waals surface area contributed by atoms with E-state index in [9.17, 15) is 85.9 Å². The first kappa shape index (κ1) is 72.1. The van der Waals surface area contributed by atoms with Crippen LogP contribution in [-0.4, -0.2) is 256 Å². The van der Waals surface area contributed by atoms with Crippen LogP contribution in [-0.2, 0) is 61.8 Å². The van der Waals surface area contributed by atoms with Crippen molar-refractivity contribution in [2.75, 3.05) is 19.8 Å². The second-order valence-corrected chi connectivity index (χ2v) is 29.3. The molecule has 27 heteroatoms. The van der Waals surface area contributed by atoms with Gasteiger partial charge in [-0.25, -0.2) is 14.4 Å². The maximum atomic E-state index is 13.9. The zero-order valence-electron chi connectivity index (χ0n) is 54.0. The molecule has 5 aliphatic carbocycles. The van der Waals surface area contributed by atoms with Crippen LogP contribution < -0.4 is 0 Å². The standard InChI is InChI=1S/C64H100O27/c1-13-26(3)53(80)90-50-51(91-54(81)27(4)14-2)64(25-67)30(21-59(50,6)7)29-15-16-34-61(10)19-18-36(60(8,9)33(61)17-20-62(34,11)63(29,12)22-35(64)68)85-58-49(89-56-44(76)41(73)38(70)31(23-65)83-56)46(45(77)47(87-58)52(78)79)86-57-48(42(74)39(71)32(24-66)84-57)88-55-43(75)40(72)37(69)28(5)82-55/h13-15,28,30-51,55-58,65-77H,16-25H2,1-12H3,(H,78,79)/b26-13+,27-14+/t28-,30-,31+,32+,33-,34+,35+,36-,37-,38-,39-,40+,41-,42-,43+,44+,45-,46-,47-,48+,49+,50-,51-,55-,56-,57-,58+,61-,62+,63+,64-/m0/s1. The zero-order valence-corrected chi connectivity index (χ0v) is 54.0. The van der Waals surface area contributed by atoms with Gasteiger partial charge in [-0.15, -0.1) is 0 Å². The molecule has 8 fully saturated rings. The number of esters is 2. The van der Waals surface area contributed by atoms with E-state index >= 15 is 0 Å². The topological polar surface area (TPSA) is 427 Å². The fourth-order valence-corrected chi connectivity index (χ4v) is 17.8. The molecular formula is C64H100O27. The van der Waals surface area contributed by atoms with Gasteiger partial charge in [0.2, 0.25) is 0 Å². The van der Waals surface area contributed by atoms with Crippen molar-refractivity contribution < 1.29 is 133 Å². The third-order valence-electron chi connectivity index (χ3n) is 23.7. The average molecular weight is 1300 g/mol. The van der Waals surface area contributed by atoms with Gasteiger partial charge in [-0.1, -0.05) is 72.3 Å². The number of ether oxygens (including phenoxy) is 10. The molecule has 0 aromatic heterocycles. The molecule has 4 aliphatic heterocycles. The molecule has 14 N–H and O–H groups in total. The Morgan fingerprint density at radius 2 is 1.11 bits per heavy atom. The van der Waals surface area contributed by atoms with Gasteiger partial charge in [-0.05, 0) is 119 Å². The lowest BCUT2D eigenvalue weighted by molar-refractivity contribution is -0.406. The van der Waals surface area contributed by atoms with E-state index in [0.717, 1.165) is 5.57 Å². The number of carboxylic acids is 1. The summed E-state index contributed by atoms with van der Waals surface area (Å²) in [6, 6.07) is 0. The molecule has 518 valence electrons. The van der Waals surface area contributed by atoms with Crippen LogP contribution in [0.5, 0.6) is 0 Å². The first-order valence-electron chi connectivity index (χ1n) is 32.0. The molecule has 91 heavy (non-hydrogen) atoms. The minimum absolute atomic E-state index is 0.0434. The normalized spacial score (nSPS) is 49.8. The number of carbonyl (C=O) groups is 3. The maximum absolute atomic E-state index is 13.9. The van der Waals surface area contributed by atoms with Crippen LogP contribution in [0.3, 0.4) is 0 Å². The van der Waals surface area contributed by atoms with E-state index in [0.29, 0.717) is 49.7 Å². The summed E-state index contributed by atoms with van der Waals surface area (Å²) < 4.78 is 61.9. The largest absolute Gasteiger partial charge is 0.479 e. The highest BCUT2D eigenvalue weighted by Gasteiger charge is 2.74. The number of hydrogen-bond acceptors (Lipinski definition) is 26. The molecule has 0 bridgehead atoms. The molecule has 0 aromatic carbocycles. The minimum atomic E-state index is -2.29. The average Bonchev–Trinajstić information content (AvgIpc) is 0.670. The van der Waals surface area contributed by atoms with Gasteiger partial charge in [-0.2, -0.15) is 0 Å². The Morgan fingerprint density at radius 3 is 1.68 bits per heavy atom. The van der Waals surface area contributed by atoms with E-state index in [2.05, 4.69) is 26.8 Å². The van der Waals surface area contributed by atoms with Gasteiger partial charge in [0.1, 0.15) is 91.6 Å². The predicted molar refractivity (Wildman–Crippen MR) is 313 cm³/mol. The lowest BCUT2D eigenvalue weighted by Crippen LogP contribution is -2.72. The molecule has 0 amide bonds. The Bertz CT molecular complexity index is 2720. The smallest absolute Gasteiger partial charge is 0.335 e. The van der Waals surface area contributed by atoms with Crippen molar-refractivity contribution in [1.29, 1.82) is 0 Å². The van der Waals surface area contributed by atoms with Crippen molar-refractivity contribution in [3.63, 3.8) is 0 Å². The van der Waals surface area contributed by atoms with Crippen molar-refractivity contribution in [2.45, 2.75) is 275 Å². The highest BCUT2D eigenvalue weighted by Crippen LogP contribution is 2.76. The Labute approximate surface area is 529 Å². The Hall–Kier alpha value is -3.21. The number of rotatable bonds is 16. The summed E-state index contributed by atoms with van der Waals surface area (Å²) in [7, 11) is 0. The number of carbonyl (C=O) groups excluding carboxylic acids is 2. The minimum Gasteiger partial charge on any atom is -0.479 e. The fourth-order valence-electron chi connectivity index (χ4n) is 17.8. The third-order valence-corrected chi connectivity index (χ3v) is 23.7. The van der Waals surface area contributed by atoms with Crippen molar-refractivity contribution in [3.05, 3.63) is 34.9 Å². The molecule has 9 aliphatic rings. The first-order chi connectivity index (χ1) is 42.5. The van der Waals surface area contributed by atoms with E-state index in [1.165, 1.54) is 6.92 Å². The fraction of sp³-hybridized carbons (Fsp3) is 0.859. The van der Waals surface area contributed by atoms with Gasteiger partial charge in [-0.3, -0.25) is 0 Å². The first-order valence-corrected chi connectivity index (χ1v) is 32.0. The van der Waals surface area contributed by atoms with Gasteiger partial charge < -0.3 is 119 Å². The number of aliphatic hydroxyl groups is 13. The van der Waals surface area contributed by atoms with Crippen LogP contribution in [0.15, 0.2) is 34.9 Å².